The van der Waals surface area contributed by atoms with Gasteiger partial charge in [0.05, 0.1) is 0 Å². The zero-order valence-electron chi connectivity index (χ0n) is 11.6. The summed E-state index contributed by atoms with van der Waals surface area (Å²) in [6, 6.07) is 0.841. The molecule has 2 aliphatic rings. The molecule has 0 bridgehead atoms. The number of nitrogens with one attached hydrogen (secondary N) is 1. The summed E-state index contributed by atoms with van der Waals surface area (Å²) in [5, 5.41) is 3.70. The van der Waals surface area contributed by atoms with Crippen LogP contribution < -0.4 is 5.32 Å². The van der Waals surface area contributed by atoms with E-state index in [1.54, 1.807) is 0 Å². The van der Waals surface area contributed by atoms with E-state index in [9.17, 15) is 0 Å². The van der Waals surface area contributed by atoms with Gasteiger partial charge >= 0.3 is 0 Å². The lowest BCUT2D eigenvalue weighted by molar-refractivity contribution is 0.149. The first-order valence-corrected chi connectivity index (χ1v) is 7.86. The van der Waals surface area contributed by atoms with Gasteiger partial charge in [0.15, 0.2) is 0 Å². The van der Waals surface area contributed by atoms with Crippen LogP contribution in [0.25, 0.3) is 0 Å². The molecule has 0 spiro atoms. The molecule has 2 saturated heterocycles. The van der Waals surface area contributed by atoms with E-state index in [4.69, 9.17) is 0 Å². The average molecular weight is 238 g/mol. The molecule has 2 aliphatic heterocycles. The molecular weight excluding hydrogens is 208 g/mol. The fraction of sp³-hybridized carbons (Fsp3) is 1.00. The van der Waals surface area contributed by atoms with Crippen LogP contribution >= 0.6 is 0 Å². The maximum Gasteiger partial charge on any atom is 0.0108 e. The molecule has 2 heterocycles. The van der Waals surface area contributed by atoms with Crippen molar-refractivity contribution >= 4 is 0 Å². The van der Waals surface area contributed by atoms with E-state index in [0.717, 1.165) is 12.0 Å². The van der Waals surface area contributed by atoms with Crippen molar-refractivity contribution in [3.63, 3.8) is 0 Å². The number of rotatable bonds is 6. The first kappa shape index (κ1) is 13.4. The van der Waals surface area contributed by atoms with Gasteiger partial charge in [0, 0.05) is 12.6 Å². The zero-order valence-corrected chi connectivity index (χ0v) is 11.6. The molecule has 0 aliphatic carbocycles. The maximum atomic E-state index is 3.70. The first-order valence-electron chi connectivity index (χ1n) is 7.86. The SMILES string of the molecule is CCCCCCN1CCCC(C2CCCN2)C1. The molecule has 0 aromatic carbocycles. The van der Waals surface area contributed by atoms with Gasteiger partial charge < -0.3 is 10.2 Å². The summed E-state index contributed by atoms with van der Waals surface area (Å²) in [7, 11) is 0. The van der Waals surface area contributed by atoms with Crippen LogP contribution in [0.15, 0.2) is 0 Å². The number of unbranched alkanes of at least 4 members (excludes halogenated alkanes) is 3. The highest BCUT2D eigenvalue weighted by atomic mass is 15.1. The van der Waals surface area contributed by atoms with Gasteiger partial charge in [0.1, 0.15) is 0 Å². The highest BCUT2D eigenvalue weighted by Crippen LogP contribution is 2.24. The Kier molecular flexibility index (Phi) is 5.79. The molecule has 17 heavy (non-hydrogen) atoms. The Balaban J connectivity index is 1.65. The third-order valence-electron chi connectivity index (χ3n) is 4.54. The van der Waals surface area contributed by atoms with Crippen molar-refractivity contribution in [2.45, 2.75) is 64.3 Å². The van der Waals surface area contributed by atoms with Gasteiger partial charge in [-0.05, 0) is 57.7 Å². The number of hydrogen-bond donors (Lipinski definition) is 1. The van der Waals surface area contributed by atoms with E-state index < -0.39 is 0 Å². The van der Waals surface area contributed by atoms with Crippen molar-refractivity contribution in [2.24, 2.45) is 5.92 Å². The van der Waals surface area contributed by atoms with E-state index in [1.807, 2.05) is 0 Å². The maximum absolute atomic E-state index is 3.70. The zero-order chi connectivity index (χ0) is 11.9. The Morgan fingerprint density at radius 2 is 2.06 bits per heavy atom. The van der Waals surface area contributed by atoms with Crippen molar-refractivity contribution in [2.75, 3.05) is 26.2 Å². The second-order valence-corrected chi connectivity index (χ2v) is 5.97. The van der Waals surface area contributed by atoms with Gasteiger partial charge in [-0.25, -0.2) is 0 Å². The second kappa shape index (κ2) is 7.38. The lowest BCUT2D eigenvalue weighted by Gasteiger charge is -2.35. The minimum absolute atomic E-state index is 0.841. The Hall–Kier alpha value is -0.0800. The summed E-state index contributed by atoms with van der Waals surface area (Å²) in [4.78, 5) is 2.73. The number of piperidine rings is 1. The van der Waals surface area contributed by atoms with Gasteiger partial charge in [0.2, 0.25) is 0 Å². The van der Waals surface area contributed by atoms with Crippen molar-refractivity contribution in [1.29, 1.82) is 0 Å². The van der Waals surface area contributed by atoms with Crippen LogP contribution in [0.4, 0.5) is 0 Å². The Bertz CT molecular complexity index is 199. The first-order chi connectivity index (χ1) is 8.40. The molecule has 0 radical (unpaired) electrons. The van der Waals surface area contributed by atoms with E-state index in [-0.39, 0.29) is 0 Å². The molecule has 0 saturated carbocycles. The molecule has 0 amide bonds. The van der Waals surface area contributed by atoms with Crippen LogP contribution in [-0.4, -0.2) is 37.1 Å². The summed E-state index contributed by atoms with van der Waals surface area (Å²) in [5.41, 5.74) is 0. The molecule has 2 fully saturated rings. The molecule has 2 rings (SSSR count). The van der Waals surface area contributed by atoms with Gasteiger partial charge in [-0.15, -0.1) is 0 Å². The van der Waals surface area contributed by atoms with Gasteiger partial charge in [-0.3, -0.25) is 0 Å². The van der Waals surface area contributed by atoms with Crippen LogP contribution in [0, 0.1) is 5.92 Å². The average Bonchev–Trinajstić information content (AvgIpc) is 2.89. The number of hydrogen-bond acceptors (Lipinski definition) is 2. The van der Waals surface area contributed by atoms with Crippen LogP contribution in [0.2, 0.25) is 0 Å². The van der Waals surface area contributed by atoms with Gasteiger partial charge in [0.25, 0.3) is 0 Å². The van der Waals surface area contributed by atoms with Crippen molar-refractivity contribution < 1.29 is 0 Å². The Morgan fingerprint density at radius 3 is 2.82 bits per heavy atom. The summed E-state index contributed by atoms with van der Waals surface area (Å²) in [6.45, 7) is 7.63. The highest BCUT2D eigenvalue weighted by molar-refractivity contribution is 4.86. The van der Waals surface area contributed by atoms with Crippen LogP contribution in [0.1, 0.15) is 58.3 Å². The summed E-state index contributed by atoms with van der Waals surface area (Å²) >= 11 is 0. The van der Waals surface area contributed by atoms with Crippen LogP contribution in [-0.2, 0) is 0 Å². The largest absolute Gasteiger partial charge is 0.314 e. The molecule has 2 heteroatoms. The smallest absolute Gasteiger partial charge is 0.0108 e. The number of likely N-dealkylation sites (tertiary alicyclic amines) is 1. The van der Waals surface area contributed by atoms with Crippen molar-refractivity contribution in [3.8, 4) is 0 Å². The van der Waals surface area contributed by atoms with Gasteiger partial charge in [-0.1, -0.05) is 26.2 Å². The molecule has 2 nitrogen and oxygen atoms in total. The fourth-order valence-corrected chi connectivity index (χ4v) is 3.50. The van der Waals surface area contributed by atoms with E-state index in [2.05, 4.69) is 17.1 Å². The topological polar surface area (TPSA) is 15.3 Å². The van der Waals surface area contributed by atoms with Crippen molar-refractivity contribution in [3.05, 3.63) is 0 Å². The fourth-order valence-electron chi connectivity index (χ4n) is 3.50. The lowest BCUT2D eigenvalue weighted by atomic mass is 9.89. The lowest BCUT2D eigenvalue weighted by Crippen LogP contribution is -2.43. The monoisotopic (exact) mass is 238 g/mol. The van der Waals surface area contributed by atoms with E-state index in [1.165, 1.54) is 77.5 Å². The minimum Gasteiger partial charge on any atom is -0.314 e. The quantitative estimate of drug-likeness (QED) is 0.716. The predicted molar refractivity (Wildman–Crippen MR) is 74.3 cm³/mol. The van der Waals surface area contributed by atoms with Crippen LogP contribution in [0.3, 0.4) is 0 Å². The second-order valence-electron chi connectivity index (χ2n) is 5.97. The normalized spacial score (nSPS) is 30.9. The third kappa shape index (κ3) is 4.26. The molecule has 2 unspecified atom stereocenters. The van der Waals surface area contributed by atoms with Gasteiger partial charge in [-0.2, -0.15) is 0 Å². The summed E-state index contributed by atoms with van der Waals surface area (Å²) in [6.07, 6.45) is 11.3. The summed E-state index contributed by atoms with van der Waals surface area (Å²) < 4.78 is 0. The van der Waals surface area contributed by atoms with E-state index >= 15 is 0 Å². The Morgan fingerprint density at radius 1 is 1.12 bits per heavy atom. The minimum atomic E-state index is 0.841. The standard InChI is InChI=1S/C15H30N2/c1-2-3-4-5-11-17-12-7-8-14(13-17)15-9-6-10-16-15/h14-16H,2-13H2,1H3. The highest BCUT2D eigenvalue weighted by Gasteiger charge is 2.28. The van der Waals surface area contributed by atoms with Crippen molar-refractivity contribution in [1.82, 2.24) is 10.2 Å². The predicted octanol–water partition coefficient (Wildman–Crippen LogP) is 3.03. The molecule has 0 aromatic rings. The van der Waals surface area contributed by atoms with Crippen LogP contribution in [0.5, 0.6) is 0 Å². The Labute approximate surface area is 107 Å². The summed E-state index contributed by atoms with van der Waals surface area (Å²) in [5.74, 6) is 0.942. The van der Waals surface area contributed by atoms with E-state index in [0.29, 0.717) is 0 Å². The molecular formula is C15H30N2. The molecule has 2 atom stereocenters. The molecule has 1 N–H and O–H groups in total. The molecule has 100 valence electrons. The number of nitrogens with zero attached hydrogens (tertiary/aromatic N) is 1. The molecule has 0 aromatic heterocycles. The third-order valence-corrected chi connectivity index (χ3v) is 4.54.